The minimum atomic E-state index is 0.723. The van der Waals surface area contributed by atoms with Gasteiger partial charge in [-0.1, -0.05) is 0 Å². The Morgan fingerprint density at radius 2 is 1.48 bits per heavy atom. The van der Waals surface area contributed by atoms with E-state index in [1.807, 2.05) is 0 Å². The van der Waals surface area contributed by atoms with E-state index in [0.717, 1.165) is 30.5 Å². The quantitative estimate of drug-likeness (QED) is 0.937. The molecule has 0 bridgehead atoms. The summed E-state index contributed by atoms with van der Waals surface area (Å²) < 4.78 is 0. The second-order valence-electron chi connectivity index (χ2n) is 6.20. The highest BCUT2D eigenvalue weighted by molar-refractivity contribution is 5.61. The van der Waals surface area contributed by atoms with Gasteiger partial charge < -0.3 is 15.1 Å². The van der Waals surface area contributed by atoms with Crippen molar-refractivity contribution in [3.05, 3.63) is 30.5 Å². The zero-order valence-corrected chi connectivity index (χ0v) is 13.3. The van der Waals surface area contributed by atoms with Gasteiger partial charge in [-0.15, -0.1) is 5.10 Å². The van der Waals surface area contributed by atoms with Crippen LogP contribution in [-0.2, 0) is 0 Å². The van der Waals surface area contributed by atoms with Crippen molar-refractivity contribution in [2.75, 3.05) is 41.3 Å². The monoisotopic (exact) mass is 310 g/mol. The van der Waals surface area contributed by atoms with Gasteiger partial charge in [0.1, 0.15) is 0 Å². The maximum absolute atomic E-state index is 4.58. The Balaban J connectivity index is 1.46. The predicted molar refractivity (Wildman–Crippen MR) is 92.4 cm³/mol. The van der Waals surface area contributed by atoms with E-state index in [2.05, 4.69) is 54.6 Å². The third-order valence-electron chi connectivity index (χ3n) is 4.55. The molecule has 2 aliphatic rings. The average molecular weight is 310 g/mol. The van der Waals surface area contributed by atoms with Crippen LogP contribution < -0.4 is 15.1 Å². The number of nitrogens with zero attached hydrogens (tertiary/aromatic N) is 5. The summed E-state index contributed by atoms with van der Waals surface area (Å²) >= 11 is 0. The number of nitrogens with one attached hydrogen (secondary N) is 1. The van der Waals surface area contributed by atoms with Crippen molar-refractivity contribution in [3.8, 4) is 0 Å². The van der Waals surface area contributed by atoms with Crippen molar-refractivity contribution in [2.45, 2.75) is 25.7 Å². The maximum atomic E-state index is 4.58. The molecule has 6 heteroatoms. The molecule has 1 aromatic heterocycles. The standard InChI is InChI=1S/C17H22N6/c1-2-10-22(9-1)15-7-5-14(6-8-15)19-16-13-18-21-17(20-16)23-11-3-4-12-23/h5-8,13H,1-4,9-12H2,(H,19,20,21). The summed E-state index contributed by atoms with van der Waals surface area (Å²) in [5.41, 5.74) is 2.33. The van der Waals surface area contributed by atoms with Gasteiger partial charge in [0.05, 0.1) is 6.20 Å². The van der Waals surface area contributed by atoms with Gasteiger partial charge >= 0.3 is 0 Å². The van der Waals surface area contributed by atoms with Gasteiger partial charge in [0.15, 0.2) is 5.82 Å². The number of benzene rings is 1. The number of rotatable bonds is 4. The van der Waals surface area contributed by atoms with Crippen LogP contribution in [0, 0.1) is 0 Å². The fraction of sp³-hybridized carbons (Fsp3) is 0.471. The van der Waals surface area contributed by atoms with Crippen molar-refractivity contribution >= 4 is 23.1 Å². The first kappa shape index (κ1) is 14.2. The molecule has 23 heavy (non-hydrogen) atoms. The SMILES string of the molecule is c1cc(N2CCCC2)ccc1Nc1cnnc(N2CCCC2)n1. The highest BCUT2D eigenvalue weighted by atomic mass is 15.3. The van der Waals surface area contributed by atoms with E-state index < -0.39 is 0 Å². The Morgan fingerprint density at radius 1 is 0.826 bits per heavy atom. The molecule has 2 fully saturated rings. The molecular weight excluding hydrogens is 288 g/mol. The minimum absolute atomic E-state index is 0.723. The van der Waals surface area contributed by atoms with Gasteiger partial charge in [-0.2, -0.15) is 10.1 Å². The highest BCUT2D eigenvalue weighted by Gasteiger charge is 2.16. The van der Waals surface area contributed by atoms with Crippen LogP contribution in [-0.4, -0.2) is 41.4 Å². The maximum Gasteiger partial charge on any atom is 0.247 e. The topological polar surface area (TPSA) is 57.2 Å². The van der Waals surface area contributed by atoms with Crippen LogP contribution in [0.2, 0.25) is 0 Å². The van der Waals surface area contributed by atoms with Crippen LogP contribution in [0.15, 0.2) is 30.5 Å². The fourth-order valence-electron chi connectivity index (χ4n) is 3.28. The van der Waals surface area contributed by atoms with Crippen LogP contribution in [0.5, 0.6) is 0 Å². The molecule has 0 spiro atoms. The first-order chi connectivity index (χ1) is 11.4. The molecule has 0 aliphatic carbocycles. The number of anilines is 4. The molecule has 120 valence electrons. The van der Waals surface area contributed by atoms with Crippen LogP contribution in [0.25, 0.3) is 0 Å². The van der Waals surface area contributed by atoms with E-state index in [4.69, 9.17) is 0 Å². The molecule has 0 saturated carbocycles. The van der Waals surface area contributed by atoms with Gasteiger partial charge in [-0.25, -0.2) is 0 Å². The Bertz CT molecular complexity index is 644. The molecule has 2 aliphatic heterocycles. The molecule has 2 aromatic rings. The zero-order valence-electron chi connectivity index (χ0n) is 13.3. The van der Waals surface area contributed by atoms with E-state index in [1.165, 1.54) is 44.5 Å². The van der Waals surface area contributed by atoms with Gasteiger partial charge in [0.2, 0.25) is 5.95 Å². The summed E-state index contributed by atoms with van der Waals surface area (Å²) in [6.45, 7) is 4.38. The van der Waals surface area contributed by atoms with Crippen LogP contribution in [0.1, 0.15) is 25.7 Å². The highest BCUT2D eigenvalue weighted by Crippen LogP contribution is 2.24. The van der Waals surface area contributed by atoms with E-state index >= 15 is 0 Å². The molecule has 0 atom stereocenters. The van der Waals surface area contributed by atoms with Crippen LogP contribution >= 0.6 is 0 Å². The number of hydrogen-bond donors (Lipinski definition) is 1. The Kier molecular flexibility index (Phi) is 3.96. The van der Waals surface area contributed by atoms with Gasteiger partial charge in [0.25, 0.3) is 0 Å². The van der Waals surface area contributed by atoms with Crippen LogP contribution in [0.4, 0.5) is 23.1 Å². The van der Waals surface area contributed by atoms with E-state index in [0.29, 0.717) is 0 Å². The van der Waals surface area contributed by atoms with Gasteiger partial charge in [-0.05, 0) is 49.9 Å². The number of hydrogen-bond acceptors (Lipinski definition) is 6. The molecule has 1 aromatic carbocycles. The van der Waals surface area contributed by atoms with Crippen LogP contribution in [0.3, 0.4) is 0 Å². The molecular formula is C17H22N6. The normalized spacial score (nSPS) is 17.7. The molecule has 0 amide bonds. The van der Waals surface area contributed by atoms with Crippen molar-refractivity contribution in [2.24, 2.45) is 0 Å². The first-order valence-corrected chi connectivity index (χ1v) is 8.45. The van der Waals surface area contributed by atoms with Crippen molar-refractivity contribution in [1.82, 2.24) is 15.2 Å². The van der Waals surface area contributed by atoms with Crippen molar-refractivity contribution in [3.63, 3.8) is 0 Å². The summed E-state index contributed by atoms with van der Waals surface area (Å²) in [7, 11) is 0. The number of aromatic nitrogens is 3. The predicted octanol–water partition coefficient (Wildman–Crippen LogP) is 2.82. The average Bonchev–Trinajstić information content (AvgIpc) is 3.30. The lowest BCUT2D eigenvalue weighted by Crippen LogP contribution is -2.21. The molecule has 4 rings (SSSR count). The van der Waals surface area contributed by atoms with Crippen molar-refractivity contribution < 1.29 is 0 Å². The van der Waals surface area contributed by atoms with E-state index in [9.17, 15) is 0 Å². The summed E-state index contributed by atoms with van der Waals surface area (Å²) in [4.78, 5) is 9.20. The first-order valence-electron chi connectivity index (χ1n) is 8.45. The Hall–Kier alpha value is -2.37. The Morgan fingerprint density at radius 3 is 2.17 bits per heavy atom. The summed E-state index contributed by atoms with van der Waals surface area (Å²) in [6.07, 6.45) is 6.68. The summed E-state index contributed by atoms with van der Waals surface area (Å²) in [6, 6.07) is 8.55. The second kappa shape index (κ2) is 6.40. The molecule has 2 saturated heterocycles. The third-order valence-corrected chi connectivity index (χ3v) is 4.55. The van der Waals surface area contributed by atoms with Crippen molar-refractivity contribution in [1.29, 1.82) is 0 Å². The molecule has 0 unspecified atom stereocenters. The summed E-state index contributed by atoms with van der Waals surface area (Å²) in [5.74, 6) is 1.47. The van der Waals surface area contributed by atoms with Gasteiger partial charge in [0, 0.05) is 37.6 Å². The van der Waals surface area contributed by atoms with E-state index in [1.54, 1.807) is 6.20 Å². The molecule has 1 N–H and O–H groups in total. The lowest BCUT2D eigenvalue weighted by molar-refractivity contribution is 0.852. The zero-order chi connectivity index (χ0) is 15.5. The molecule has 3 heterocycles. The van der Waals surface area contributed by atoms with E-state index in [-0.39, 0.29) is 0 Å². The lowest BCUT2D eigenvalue weighted by atomic mass is 10.2. The molecule has 0 radical (unpaired) electrons. The largest absolute Gasteiger partial charge is 0.372 e. The molecule has 6 nitrogen and oxygen atoms in total. The minimum Gasteiger partial charge on any atom is -0.372 e. The second-order valence-corrected chi connectivity index (χ2v) is 6.20. The summed E-state index contributed by atoms with van der Waals surface area (Å²) in [5, 5.41) is 11.6. The lowest BCUT2D eigenvalue weighted by Gasteiger charge is -2.18. The smallest absolute Gasteiger partial charge is 0.247 e. The fourth-order valence-corrected chi connectivity index (χ4v) is 3.28. The third kappa shape index (κ3) is 3.21. The Labute approximate surface area is 136 Å². The van der Waals surface area contributed by atoms with Gasteiger partial charge in [-0.3, -0.25) is 0 Å².